The number of ether oxygens (including phenoxy) is 1. The van der Waals surface area contributed by atoms with Gasteiger partial charge in [0, 0.05) is 31.0 Å². The maximum absolute atomic E-state index is 5.70. The van der Waals surface area contributed by atoms with E-state index in [0.717, 1.165) is 30.3 Å². The van der Waals surface area contributed by atoms with Gasteiger partial charge in [0.1, 0.15) is 0 Å². The molecular formula is C13H18ClNO. The summed E-state index contributed by atoms with van der Waals surface area (Å²) in [6.45, 7) is 4.83. The van der Waals surface area contributed by atoms with E-state index in [-0.39, 0.29) is 0 Å². The van der Waals surface area contributed by atoms with Gasteiger partial charge in [0.05, 0.1) is 0 Å². The summed E-state index contributed by atoms with van der Waals surface area (Å²) in [6.07, 6.45) is 4.40. The number of hydrogen-bond donors (Lipinski definition) is 0. The van der Waals surface area contributed by atoms with Gasteiger partial charge in [0.25, 0.3) is 0 Å². The average Bonchev–Trinajstić information content (AvgIpc) is 2.87. The summed E-state index contributed by atoms with van der Waals surface area (Å²) in [7, 11) is 0. The number of benzene rings is 1. The average molecular weight is 240 g/mol. The van der Waals surface area contributed by atoms with E-state index in [1.165, 1.54) is 12.8 Å². The first-order valence-corrected chi connectivity index (χ1v) is 6.04. The molecule has 1 heterocycles. The van der Waals surface area contributed by atoms with Crippen LogP contribution >= 0.6 is 11.6 Å². The second-order valence-corrected chi connectivity index (χ2v) is 3.94. The van der Waals surface area contributed by atoms with Crippen molar-refractivity contribution in [1.29, 1.82) is 0 Å². The molecule has 1 saturated heterocycles. The normalized spacial score (nSPS) is 14.9. The third-order valence-corrected chi connectivity index (χ3v) is 2.37. The van der Waals surface area contributed by atoms with Crippen molar-refractivity contribution in [3.05, 3.63) is 34.9 Å². The highest BCUT2D eigenvalue weighted by atomic mass is 35.5. The maximum Gasteiger partial charge on any atom is 0.0466 e. The molecule has 1 fully saturated rings. The SMILES string of the molecule is C1CCOC1.CCN=Cc1ccc(Cl)cc1. The lowest BCUT2D eigenvalue weighted by Gasteiger charge is -1.91. The van der Waals surface area contributed by atoms with Gasteiger partial charge < -0.3 is 4.74 Å². The minimum absolute atomic E-state index is 0.763. The molecule has 0 aliphatic carbocycles. The van der Waals surface area contributed by atoms with E-state index >= 15 is 0 Å². The summed E-state index contributed by atoms with van der Waals surface area (Å²) in [4.78, 5) is 4.10. The Labute approximate surface area is 102 Å². The van der Waals surface area contributed by atoms with Crippen LogP contribution in [0.5, 0.6) is 0 Å². The van der Waals surface area contributed by atoms with Gasteiger partial charge in [-0.05, 0) is 37.5 Å². The van der Waals surface area contributed by atoms with Crippen molar-refractivity contribution in [3.8, 4) is 0 Å². The summed E-state index contributed by atoms with van der Waals surface area (Å²) in [5.41, 5.74) is 1.09. The van der Waals surface area contributed by atoms with Crippen LogP contribution in [0.25, 0.3) is 0 Å². The molecule has 16 heavy (non-hydrogen) atoms. The molecular weight excluding hydrogens is 222 g/mol. The Kier molecular flexibility index (Phi) is 6.86. The zero-order valence-electron chi connectivity index (χ0n) is 9.66. The molecule has 0 spiro atoms. The predicted molar refractivity (Wildman–Crippen MR) is 69.6 cm³/mol. The second-order valence-electron chi connectivity index (χ2n) is 3.50. The minimum atomic E-state index is 0.763. The molecule has 0 N–H and O–H groups in total. The van der Waals surface area contributed by atoms with E-state index in [0.29, 0.717) is 0 Å². The summed E-state index contributed by atoms with van der Waals surface area (Å²) in [5, 5.41) is 0.763. The van der Waals surface area contributed by atoms with E-state index in [1.54, 1.807) is 0 Å². The number of halogens is 1. The van der Waals surface area contributed by atoms with Crippen LogP contribution in [0.2, 0.25) is 5.02 Å². The Morgan fingerprint density at radius 2 is 1.88 bits per heavy atom. The van der Waals surface area contributed by atoms with Crippen LogP contribution in [0.15, 0.2) is 29.3 Å². The fourth-order valence-electron chi connectivity index (χ4n) is 1.26. The third-order valence-electron chi connectivity index (χ3n) is 2.12. The lowest BCUT2D eigenvalue weighted by atomic mass is 10.2. The molecule has 2 rings (SSSR count). The fourth-order valence-corrected chi connectivity index (χ4v) is 1.38. The zero-order chi connectivity index (χ0) is 11.6. The van der Waals surface area contributed by atoms with Crippen LogP contribution in [0, 0.1) is 0 Å². The van der Waals surface area contributed by atoms with Gasteiger partial charge in [-0.3, -0.25) is 4.99 Å². The topological polar surface area (TPSA) is 21.6 Å². The van der Waals surface area contributed by atoms with Gasteiger partial charge in [-0.1, -0.05) is 23.7 Å². The Morgan fingerprint density at radius 3 is 2.31 bits per heavy atom. The third kappa shape index (κ3) is 5.89. The molecule has 0 atom stereocenters. The van der Waals surface area contributed by atoms with Crippen LogP contribution in [0.4, 0.5) is 0 Å². The fraction of sp³-hybridized carbons (Fsp3) is 0.462. The summed E-state index contributed by atoms with van der Waals surface area (Å²) >= 11 is 5.70. The highest BCUT2D eigenvalue weighted by Gasteiger charge is 1.94. The number of hydrogen-bond acceptors (Lipinski definition) is 2. The first-order valence-electron chi connectivity index (χ1n) is 5.66. The van der Waals surface area contributed by atoms with Gasteiger partial charge in [-0.2, -0.15) is 0 Å². The lowest BCUT2D eigenvalue weighted by molar-refractivity contribution is 0.198. The van der Waals surface area contributed by atoms with Crippen molar-refractivity contribution in [2.45, 2.75) is 19.8 Å². The van der Waals surface area contributed by atoms with Crippen LogP contribution in [0.3, 0.4) is 0 Å². The molecule has 1 aromatic carbocycles. The summed E-state index contributed by atoms with van der Waals surface area (Å²) in [5.74, 6) is 0. The molecule has 0 saturated carbocycles. The molecule has 0 bridgehead atoms. The largest absolute Gasteiger partial charge is 0.381 e. The van der Waals surface area contributed by atoms with Crippen molar-refractivity contribution in [2.24, 2.45) is 4.99 Å². The lowest BCUT2D eigenvalue weighted by Crippen LogP contribution is -1.80. The van der Waals surface area contributed by atoms with Gasteiger partial charge >= 0.3 is 0 Å². The second kappa shape index (κ2) is 8.31. The maximum atomic E-state index is 5.70. The molecule has 1 aliphatic rings. The van der Waals surface area contributed by atoms with E-state index in [2.05, 4.69) is 4.99 Å². The van der Waals surface area contributed by atoms with Crippen molar-refractivity contribution in [1.82, 2.24) is 0 Å². The molecule has 2 nitrogen and oxygen atoms in total. The van der Waals surface area contributed by atoms with Crippen molar-refractivity contribution in [2.75, 3.05) is 19.8 Å². The molecule has 88 valence electrons. The van der Waals surface area contributed by atoms with E-state index in [1.807, 2.05) is 37.4 Å². The Morgan fingerprint density at radius 1 is 1.25 bits per heavy atom. The van der Waals surface area contributed by atoms with E-state index < -0.39 is 0 Å². The van der Waals surface area contributed by atoms with Gasteiger partial charge in [0.2, 0.25) is 0 Å². The highest BCUT2D eigenvalue weighted by molar-refractivity contribution is 6.30. The van der Waals surface area contributed by atoms with Gasteiger partial charge in [0.15, 0.2) is 0 Å². The number of rotatable bonds is 2. The van der Waals surface area contributed by atoms with Crippen LogP contribution < -0.4 is 0 Å². The van der Waals surface area contributed by atoms with Crippen molar-refractivity contribution < 1.29 is 4.74 Å². The number of nitrogens with zero attached hydrogens (tertiary/aromatic N) is 1. The van der Waals surface area contributed by atoms with E-state index in [9.17, 15) is 0 Å². The van der Waals surface area contributed by atoms with Crippen LogP contribution in [-0.2, 0) is 4.74 Å². The first-order chi connectivity index (χ1) is 7.83. The molecule has 0 unspecified atom stereocenters. The highest BCUT2D eigenvalue weighted by Crippen LogP contribution is 2.07. The molecule has 0 amide bonds. The first kappa shape index (κ1) is 13.2. The zero-order valence-corrected chi connectivity index (χ0v) is 10.4. The molecule has 1 aliphatic heterocycles. The summed E-state index contributed by atoms with van der Waals surface area (Å²) in [6, 6.07) is 7.61. The van der Waals surface area contributed by atoms with Crippen molar-refractivity contribution in [3.63, 3.8) is 0 Å². The van der Waals surface area contributed by atoms with Crippen molar-refractivity contribution >= 4 is 17.8 Å². The van der Waals surface area contributed by atoms with Gasteiger partial charge in [-0.25, -0.2) is 0 Å². The van der Waals surface area contributed by atoms with Crippen LogP contribution in [0.1, 0.15) is 25.3 Å². The Balaban J connectivity index is 0.000000212. The minimum Gasteiger partial charge on any atom is -0.381 e. The molecule has 0 radical (unpaired) electrons. The standard InChI is InChI=1S/C9H10ClN.C4H8O/c1-2-11-7-8-3-5-9(10)6-4-8;1-2-4-5-3-1/h3-7H,2H2,1H3;1-4H2. The molecule has 0 aromatic heterocycles. The van der Waals surface area contributed by atoms with Gasteiger partial charge in [-0.15, -0.1) is 0 Å². The van der Waals surface area contributed by atoms with E-state index in [4.69, 9.17) is 16.3 Å². The molecule has 1 aromatic rings. The smallest absolute Gasteiger partial charge is 0.0466 e. The molecule has 3 heteroatoms. The predicted octanol–water partition coefficient (Wildman–Crippen LogP) is 3.58. The Hall–Kier alpha value is -0.860. The monoisotopic (exact) mass is 239 g/mol. The summed E-state index contributed by atoms with van der Waals surface area (Å²) < 4.78 is 4.94. The number of aliphatic imine (C=N–C) groups is 1. The Bertz CT molecular complexity index is 297. The van der Waals surface area contributed by atoms with Crippen LogP contribution in [-0.4, -0.2) is 26.0 Å². The quantitative estimate of drug-likeness (QED) is 0.723.